The third kappa shape index (κ3) is 4.43. The summed E-state index contributed by atoms with van der Waals surface area (Å²) in [7, 11) is 0. The van der Waals surface area contributed by atoms with Crippen LogP contribution in [0.5, 0.6) is 17.2 Å². The van der Waals surface area contributed by atoms with Crippen LogP contribution in [-0.2, 0) is 11.3 Å². The Balaban J connectivity index is 1.45. The predicted octanol–water partition coefficient (Wildman–Crippen LogP) is 4.54. The van der Waals surface area contributed by atoms with Gasteiger partial charge in [0.25, 0.3) is 5.91 Å². The lowest BCUT2D eigenvalue weighted by atomic mass is 10.1. The molecule has 0 saturated carbocycles. The molecule has 2 aromatic carbocycles. The topological polar surface area (TPSA) is 78.7 Å². The van der Waals surface area contributed by atoms with Gasteiger partial charge in [-0.15, -0.1) is 0 Å². The van der Waals surface area contributed by atoms with Crippen molar-refractivity contribution in [3.8, 4) is 17.2 Å². The monoisotopic (exact) mass is 478 g/mol. The molecule has 2 unspecified atom stereocenters. The van der Waals surface area contributed by atoms with E-state index in [1.165, 1.54) is 11.3 Å². The second kappa shape index (κ2) is 9.72. The van der Waals surface area contributed by atoms with Crippen molar-refractivity contribution in [3.05, 3.63) is 61.2 Å². The van der Waals surface area contributed by atoms with Crippen molar-refractivity contribution in [2.75, 3.05) is 18.1 Å². The van der Waals surface area contributed by atoms with E-state index in [1.807, 2.05) is 67.1 Å². The molecule has 1 amide bonds. The molecule has 8 nitrogen and oxygen atoms in total. The maximum Gasteiger partial charge on any atom is 0.273 e. The highest BCUT2D eigenvalue weighted by Crippen LogP contribution is 2.37. The van der Waals surface area contributed by atoms with E-state index in [1.54, 1.807) is 17.4 Å². The Kier molecular flexibility index (Phi) is 6.35. The van der Waals surface area contributed by atoms with Gasteiger partial charge in [-0.2, -0.15) is 0 Å². The number of fused-ring (bicyclic) bond motifs is 2. The largest absolute Gasteiger partial charge is 0.492 e. The second-order valence-electron chi connectivity index (χ2n) is 7.98. The van der Waals surface area contributed by atoms with Crippen molar-refractivity contribution >= 4 is 32.6 Å². The second-order valence-corrected chi connectivity index (χ2v) is 8.99. The molecule has 1 aliphatic rings. The minimum absolute atomic E-state index is 0.176. The molecule has 0 bridgehead atoms. The molecular weight excluding hydrogens is 452 g/mol. The lowest BCUT2D eigenvalue weighted by molar-refractivity contribution is -0.130. The van der Waals surface area contributed by atoms with Crippen LogP contribution >= 0.6 is 11.3 Å². The fourth-order valence-electron chi connectivity index (χ4n) is 3.97. The van der Waals surface area contributed by atoms with Crippen LogP contribution < -0.4 is 19.1 Å². The number of anilines is 1. The number of amides is 1. The molecule has 0 fully saturated rings. The molecule has 3 heterocycles. The van der Waals surface area contributed by atoms with Crippen molar-refractivity contribution in [2.24, 2.45) is 0 Å². The number of para-hydroxylation sites is 3. The molecular formula is C25H26N4O4S. The lowest BCUT2D eigenvalue weighted by Crippen LogP contribution is -2.51. The van der Waals surface area contributed by atoms with Gasteiger partial charge in [0.05, 0.1) is 17.6 Å². The maximum atomic E-state index is 13.8. The summed E-state index contributed by atoms with van der Waals surface area (Å²) in [5.41, 5.74) is 0.760. The van der Waals surface area contributed by atoms with Crippen LogP contribution in [0.2, 0.25) is 0 Å². The predicted molar refractivity (Wildman–Crippen MR) is 131 cm³/mol. The molecule has 9 heteroatoms. The lowest BCUT2D eigenvalue weighted by Gasteiger charge is -2.33. The fourth-order valence-corrected chi connectivity index (χ4v) is 4.99. The van der Waals surface area contributed by atoms with Crippen molar-refractivity contribution in [1.29, 1.82) is 0 Å². The van der Waals surface area contributed by atoms with Gasteiger partial charge in [0.15, 0.2) is 16.6 Å². The minimum atomic E-state index is -0.776. The van der Waals surface area contributed by atoms with E-state index < -0.39 is 12.2 Å². The standard InChI is InChI=1S/C25H26N4O4S/c1-3-31-20-10-6-11-21-22(20)27-25(34-21)29(14-7-13-28-15-12-26-16-28)24(30)23-17(2)32-18-8-4-5-9-19(18)33-23/h4-6,8-12,15-17,23H,3,7,13-14H2,1-2H3. The van der Waals surface area contributed by atoms with Crippen LogP contribution in [0.15, 0.2) is 61.2 Å². The molecule has 34 heavy (non-hydrogen) atoms. The molecule has 5 rings (SSSR count). The Morgan fingerprint density at radius 2 is 2.00 bits per heavy atom. The van der Waals surface area contributed by atoms with Gasteiger partial charge in [0, 0.05) is 25.5 Å². The molecule has 0 aliphatic carbocycles. The van der Waals surface area contributed by atoms with E-state index in [9.17, 15) is 4.79 Å². The quantitative estimate of drug-likeness (QED) is 0.370. The molecule has 0 radical (unpaired) electrons. The van der Waals surface area contributed by atoms with Gasteiger partial charge in [-0.05, 0) is 44.5 Å². The van der Waals surface area contributed by atoms with Gasteiger partial charge >= 0.3 is 0 Å². The van der Waals surface area contributed by atoms with Crippen LogP contribution in [0.25, 0.3) is 10.2 Å². The van der Waals surface area contributed by atoms with E-state index in [0.717, 1.165) is 23.2 Å². The Hall–Kier alpha value is -3.59. The third-order valence-electron chi connectivity index (χ3n) is 5.61. The summed E-state index contributed by atoms with van der Waals surface area (Å²) in [5.74, 6) is 1.75. The number of rotatable bonds is 8. The highest BCUT2D eigenvalue weighted by Gasteiger charge is 2.38. The van der Waals surface area contributed by atoms with E-state index in [4.69, 9.17) is 19.2 Å². The average Bonchev–Trinajstić information content (AvgIpc) is 3.51. The van der Waals surface area contributed by atoms with Gasteiger partial charge < -0.3 is 18.8 Å². The minimum Gasteiger partial charge on any atom is -0.492 e. The van der Waals surface area contributed by atoms with Crippen LogP contribution in [-0.4, -0.2) is 45.8 Å². The number of carbonyl (C=O) groups excluding carboxylic acids is 1. The maximum absolute atomic E-state index is 13.8. The number of benzene rings is 2. The summed E-state index contributed by atoms with van der Waals surface area (Å²) in [5, 5.41) is 0.618. The van der Waals surface area contributed by atoms with Gasteiger partial charge in [0.1, 0.15) is 17.4 Å². The Morgan fingerprint density at radius 3 is 2.76 bits per heavy atom. The highest BCUT2D eigenvalue weighted by atomic mass is 32.1. The van der Waals surface area contributed by atoms with E-state index in [-0.39, 0.29) is 5.91 Å². The van der Waals surface area contributed by atoms with Crippen LogP contribution in [0.3, 0.4) is 0 Å². The number of imidazole rings is 1. The summed E-state index contributed by atoms with van der Waals surface area (Å²) in [6, 6.07) is 13.2. The smallest absolute Gasteiger partial charge is 0.273 e. The van der Waals surface area contributed by atoms with Gasteiger partial charge in [0.2, 0.25) is 6.10 Å². The van der Waals surface area contributed by atoms with Crippen LogP contribution in [0, 0.1) is 0 Å². The number of aryl methyl sites for hydroxylation is 1. The van der Waals surface area contributed by atoms with Crippen molar-refractivity contribution in [3.63, 3.8) is 0 Å². The van der Waals surface area contributed by atoms with Crippen LogP contribution in [0.1, 0.15) is 20.3 Å². The molecule has 2 aromatic heterocycles. The number of carbonyl (C=O) groups is 1. The summed E-state index contributed by atoms with van der Waals surface area (Å²) < 4.78 is 20.8. The summed E-state index contributed by atoms with van der Waals surface area (Å²) in [4.78, 5) is 24.5. The summed E-state index contributed by atoms with van der Waals surface area (Å²) >= 11 is 1.47. The zero-order chi connectivity index (χ0) is 23.5. The number of hydrogen-bond donors (Lipinski definition) is 0. The van der Waals surface area contributed by atoms with Crippen molar-refractivity contribution in [2.45, 2.75) is 39.0 Å². The zero-order valence-corrected chi connectivity index (χ0v) is 19.9. The summed E-state index contributed by atoms with van der Waals surface area (Å²) in [6.07, 6.45) is 4.95. The third-order valence-corrected chi connectivity index (χ3v) is 6.65. The number of ether oxygens (including phenoxy) is 3. The average molecular weight is 479 g/mol. The molecule has 0 N–H and O–H groups in total. The van der Waals surface area contributed by atoms with Crippen molar-refractivity contribution < 1.29 is 19.0 Å². The van der Waals surface area contributed by atoms with Crippen molar-refractivity contribution in [1.82, 2.24) is 14.5 Å². The fraction of sp³-hybridized carbons (Fsp3) is 0.320. The Labute approximate surface area is 201 Å². The molecule has 0 saturated heterocycles. The van der Waals surface area contributed by atoms with Crippen LogP contribution in [0.4, 0.5) is 5.13 Å². The van der Waals surface area contributed by atoms with Gasteiger partial charge in [-0.1, -0.05) is 29.5 Å². The Bertz CT molecular complexity index is 1270. The van der Waals surface area contributed by atoms with Gasteiger partial charge in [-0.25, -0.2) is 9.97 Å². The number of aromatic nitrogens is 3. The zero-order valence-electron chi connectivity index (χ0n) is 19.1. The first-order valence-corrected chi connectivity index (χ1v) is 12.2. The van der Waals surface area contributed by atoms with Gasteiger partial charge in [-0.3, -0.25) is 9.69 Å². The normalized spacial score (nSPS) is 17.0. The molecule has 176 valence electrons. The van der Waals surface area contributed by atoms with E-state index in [0.29, 0.717) is 35.5 Å². The SMILES string of the molecule is CCOc1cccc2sc(N(CCCn3ccnc3)C(=O)C3Oc4ccccc4OC3C)nc12. The first-order valence-electron chi connectivity index (χ1n) is 11.4. The first kappa shape index (κ1) is 22.2. The molecule has 4 aromatic rings. The molecule has 0 spiro atoms. The number of hydrogen-bond acceptors (Lipinski definition) is 7. The molecule has 2 atom stereocenters. The highest BCUT2D eigenvalue weighted by molar-refractivity contribution is 7.22. The first-order chi connectivity index (χ1) is 16.6. The Morgan fingerprint density at radius 1 is 1.18 bits per heavy atom. The number of nitrogens with zero attached hydrogens (tertiary/aromatic N) is 4. The molecule has 1 aliphatic heterocycles. The van der Waals surface area contributed by atoms with E-state index >= 15 is 0 Å². The summed E-state index contributed by atoms with van der Waals surface area (Å²) in [6.45, 7) is 5.56. The van der Waals surface area contributed by atoms with E-state index in [2.05, 4.69) is 4.98 Å². The number of thiazole rings is 1.